The van der Waals surface area contributed by atoms with Crippen molar-refractivity contribution < 1.29 is 0 Å². The molecule has 17 heavy (non-hydrogen) atoms. The minimum Gasteiger partial charge on any atom is -0.322 e. The van der Waals surface area contributed by atoms with Crippen LogP contribution >= 0.6 is 15.9 Å². The Balaban J connectivity index is 2.36. The third-order valence-electron chi connectivity index (χ3n) is 4.07. The zero-order valence-corrected chi connectivity index (χ0v) is 12.5. The number of hydrogen-bond acceptors (Lipinski definition) is 2. The van der Waals surface area contributed by atoms with Gasteiger partial charge in [0.1, 0.15) is 0 Å². The third kappa shape index (κ3) is 2.29. The molecule has 0 radical (unpaired) electrons. The zero-order chi connectivity index (χ0) is 12.6. The van der Waals surface area contributed by atoms with E-state index >= 15 is 0 Å². The molecule has 1 aliphatic carbocycles. The summed E-state index contributed by atoms with van der Waals surface area (Å²) in [6, 6.07) is 0.427. The Morgan fingerprint density at radius 3 is 2.53 bits per heavy atom. The molecule has 1 saturated carbocycles. The van der Waals surface area contributed by atoms with Gasteiger partial charge in [-0.2, -0.15) is 5.10 Å². The number of halogens is 1. The Kier molecular flexibility index (Phi) is 3.64. The van der Waals surface area contributed by atoms with Crippen molar-refractivity contribution in [3.63, 3.8) is 0 Å². The molecule has 2 rings (SSSR count). The van der Waals surface area contributed by atoms with E-state index < -0.39 is 0 Å². The minimum atomic E-state index is 0.0734. The average molecular weight is 300 g/mol. The van der Waals surface area contributed by atoms with Crippen molar-refractivity contribution in [2.75, 3.05) is 0 Å². The van der Waals surface area contributed by atoms with Crippen molar-refractivity contribution in [1.29, 1.82) is 0 Å². The van der Waals surface area contributed by atoms with Gasteiger partial charge in [-0.3, -0.25) is 4.68 Å². The first-order valence-corrected chi connectivity index (χ1v) is 7.23. The normalized spacial score (nSPS) is 21.1. The van der Waals surface area contributed by atoms with Crippen molar-refractivity contribution in [1.82, 2.24) is 9.78 Å². The van der Waals surface area contributed by atoms with Gasteiger partial charge in [0.05, 0.1) is 22.4 Å². The number of rotatable bonds is 3. The smallest absolute Gasteiger partial charge is 0.0702 e. The standard InChI is InChI=1S/C13H22BrN3/c1-9(2)17-11(10(14)8-16-17)12(15)13(3)6-4-5-7-13/h8-9,12H,4-7,15H2,1-3H3. The number of nitrogens with zero attached hydrogens (tertiary/aromatic N) is 2. The molecule has 1 heterocycles. The Morgan fingerprint density at radius 2 is 2.00 bits per heavy atom. The maximum Gasteiger partial charge on any atom is 0.0702 e. The van der Waals surface area contributed by atoms with Gasteiger partial charge in [-0.1, -0.05) is 19.8 Å². The Morgan fingerprint density at radius 1 is 1.41 bits per heavy atom. The van der Waals surface area contributed by atoms with E-state index in [2.05, 4.69) is 46.5 Å². The first kappa shape index (κ1) is 13.1. The van der Waals surface area contributed by atoms with Gasteiger partial charge in [0, 0.05) is 6.04 Å². The molecule has 3 nitrogen and oxygen atoms in total. The summed E-state index contributed by atoms with van der Waals surface area (Å²) in [5.74, 6) is 0. The van der Waals surface area contributed by atoms with Crippen molar-refractivity contribution in [3.8, 4) is 0 Å². The third-order valence-corrected chi connectivity index (χ3v) is 4.68. The minimum absolute atomic E-state index is 0.0734. The molecular formula is C13H22BrN3. The van der Waals surface area contributed by atoms with E-state index in [9.17, 15) is 0 Å². The lowest BCUT2D eigenvalue weighted by atomic mass is 9.79. The van der Waals surface area contributed by atoms with Gasteiger partial charge < -0.3 is 5.73 Å². The van der Waals surface area contributed by atoms with E-state index in [-0.39, 0.29) is 11.5 Å². The lowest BCUT2D eigenvalue weighted by molar-refractivity contribution is 0.250. The van der Waals surface area contributed by atoms with Crippen LogP contribution in [0.4, 0.5) is 0 Å². The van der Waals surface area contributed by atoms with Crippen LogP contribution in [0.3, 0.4) is 0 Å². The summed E-state index contributed by atoms with van der Waals surface area (Å²) in [5, 5.41) is 4.43. The molecule has 2 N–H and O–H groups in total. The maximum atomic E-state index is 6.53. The molecule has 0 spiro atoms. The lowest BCUT2D eigenvalue weighted by Gasteiger charge is -2.32. The van der Waals surface area contributed by atoms with E-state index in [4.69, 9.17) is 5.73 Å². The molecule has 4 heteroatoms. The summed E-state index contributed by atoms with van der Waals surface area (Å²) < 4.78 is 3.10. The predicted octanol–water partition coefficient (Wildman–Crippen LogP) is 3.81. The molecule has 0 aromatic carbocycles. The SMILES string of the molecule is CC(C)n1ncc(Br)c1C(N)C1(C)CCCC1. The Bertz CT molecular complexity index is 391. The van der Waals surface area contributed by atoms with Gasteiger partial charge in [-0.25, -0.2) is 0 Å². The Hall–Kier alpha value is -0.350. The second-order valence-electron chi connectivity index (χ2n) is 5.75. The maximum absolute atomic E-state index is 6.53. The van der Waals surface area contributed by atoms with Gasteiger partial charge >= 0.3 is 0 Å². The summed E-state index contributed by atoms with van der Waals surface area (Å²) >= 11 is 3.59. The number of aromatic nitrogens is 2. The van der Waals surface area contributed by atoms with E-state index in [0.717, 1.165) is 10.2 Å². The molecule has 1 aromatic heterocycles. The van der Waals surface area contributed by atoms with Crippen LogP contribution in [0.5, 0.6) is 0 Å². The summed E-state index contributed by atoms with van der Waals surface area (Å²) in [6.07, 6.45) is 6.93. The molecule has 1 aliphatic rings. The van der Waals surface area contributed by atoms with E-state index in [1.165, 1.54) is 25.7 Å². The topological polar surface area (TPSA) is 43.8 Å². The molecule has 1 atom stereocenters. The quantitative estimate of drug-likeness (QED) is 0.922. The van der Waals surface area contributed by atoms with Crippen LogP contribution in [0.25, 0.3) is 0 Å². The molecule has 0 bridgehead atoms. The highest BCUT2D eigenvalue weighted by Gasteiger charge is 2.38. The summed E-state index contributed by atoms with van der Waals surface area (Å²) in [5.41, 5.74) is 7.92. The van der Waals surface area contributed by atoms with Crippen molar-refractivity contribution in [2.24, 2.45) is 11.1 Å². The van der Waals surface area contributed by atoms with Crippen LogP contribution < -0.4 is 5.73 Å². The molecule has 0 saturated heterocycles. The van der Waals surface area contributed by atoms with Crippen LogP contribution in [0, 0.1) is 5.41 Å². The van der Waals surface area contributed by atoms with Gasteiger partial charge in [-0.15, -0.1) is 0 Å². The fraction of sp³-hybridized carbons (Fsp3) is 0.769. The fourth-order valence-corrected chi connectivity index (χ4v) is 3.40. The highest BCUT2D eigenvalue weighted by atomic mass is 79.9. The molecule has 0 aliphatic heterocycles. The van der Waals surface area contributed by atoms with Crippen LogP contribution in [-0.2, 0) is 0 Å². The zero-order valence-electron chi connectivity index (χ0n) is 10.9. The highest BCUT2D eigenvalue weighted by molar-refractivity contribution is 9.10. The number of nitrogens with two attached hydrogens (primary N) is 1. The largest absolute Gasteiger partial charge is 0.322 e. The van der Waals surface area contributed by atoms with Crippen molar-refractivity contribution in [3.05, 3.63) is 16.4 Å². The molecule has 1 fully saturated rings. The van der Waals surface area contributed by atoms with E-state index in [1.54, 1.807) is 0 Å². The Labute approximate surface area is 112 Å². The summed E-state index contributed by atoms with van der Waals surface area (Å²) in [6.45, 7) is 6.61. The highest BCUT2D eigenvalue weighted by Crippen LogP contribution is 2.47. The van der Waals surface area contributed by atoms with E-state index in [0.29, 0.717) is 6.04 Å². The molecule has 96 valence electrons. The van der Waals surface area contributed by atoms with Gasteiger partial charge in [-0.05, 0) is 48.0 Å². The van der Waals surface area contributed by atoms with Gasteiger partial charge in [0.25, 0.3) is 0 Å². The van der Waals surface area contributed by atoms with Crippen LogP contribution in [0.15, 0.2) is 10.7 Å². The van der Waals surface area contributed by atoms with Crippen LogP contribution in [0.2, 0.25) is 0 Å². The predicted molar refractivity (Wildman–Crippen MR) is 73.8 cm³/mol. The fourth-order valence-electron chi connectivity index (χ4n) is 2.88. The summed E-state index contributed by atoms with van der Waals surface area (Å²) in [7, 11) is 0. The second-order valence-corrected chi connectivity index (χ2v) is 6.61. The molecular weight excluding hydrogens is 278 g/mol. The lowest BCUT2D eigenvalue weighted by Crippen LogP contribution is -2.32. The second kappa shape index (κ2) is 4.73. The first-order valence-electron chi connectivity index (χ1n) is 6.44. The van der Waals surface area contributed by atoms with Gasteiger partial charge in [0.2, 0.25) is 0 Å². The molecule has 1 unspecified atom stereocenters. The molecule has 1 aromatic rings. The average Bonchev–Trinajstić information content (AvgIpc) is 2.85. The summed E-state index contributed by atoms with van der Waals surface area (Å²) in [4.78, 5) is 0. The van der Waals surface area contributed by atoms with E-state index in [1.807, 2.05) is 6.20 Å². The van der Waals surface area contributed by atoms with Crippen molar-refractivity contribution in [2.45, 2.75) is 58.5 Å². The monoisotopic (exact) mass is 299 g/mol. The first-order chi connectivity index (χ1) is 7.96. The van der Waals surface area contributed by atoms with Crippen LogP contribution in [0.1, 0.15) is 64.2 Å². The van der Waals surface area contributed by atoms with Crippen molar-refractivity contribution >= 4 is 15.9 Å². The van der Waals surface area contributed by atoms with Gasteiger partial charge in [0.15, 0.2) is 0 Å². The molecule has 0 amide bonds. The van der Waals surface area contributed by atoms with Crippen LogP contribution in [-0.4, -0.2) is 9.78 Å². The number of hydrogen-bond donors (Lipinski definition) is 1.